The molecule has 4 heteroatoms. The van der Waals surface area contributed by atoms with E-state index < -0.39 is 18.1 Å². The fraction of sp³-hybridized carbons (Fsp3) is 0.462. The molecule has 2 atom stereocenters. The Morgan fingerprint density at radius 2 is 2.00 bits per heavy atom. The minimum absolute atomic E-state index is 0.635. The second kappa shape index (κ2) is 6.23. The van der Waals surface area contributed by atoms with Gasteiger partial charge in [-0.15, -0.1) is 0 Å². The highest BCUT2D eigenvalue weighted by molar-refractivity contribution is 5.73. The van der Waals surface area contributed by atoms with E-state index in [0.29, 0.717) is 17.9 Å². The highest BCUT2D eigenvalue weighted by Crippen LogP contribution is 2.24. The molecule has 3 nitrogen and oxygen atoms in total. The van der Waals surface area contributed by atoms with E-state index in [4.69, 9.17) is 9.84 Å². The number of benzene rings is 1. The van der Waals surface area contributed by atoms with Crippen LogP contribution in [-0.2, 0) is 4.79 Å². The van der Waals surface area contributed by atoms with Gasteiger partial charge in [-0.05, 0) is 24.1 Å². The molecule has 0 saturated carbocycles. The van der Waals surface area contributed by atoms with Gasteiger partial charge < -0.3 is 9.84 Å². The minimum atomic E-state index is -1.88. The lowest BCUT2D eigenvalue weighted by Crippen LogP contribution is -2.21. The van der Waals surface area contributed by atoms with Crippen molar-refractivity contribution in [3.63, 3.8) is 0 Å². The Hall–Kier alpha value is -1.58. The van der Waals surface area contributed by atoms with E-state index in [9.17, 15) is 9.18 Å². The zero-order valence-corrected chi connectivity index (χ0v) is 10.0. The number of ether oxygens (including phenoxy) is 1. The van der Waals surface area contributed by atoms with Crippen molar-refractivity contribution in [1.29, 1.82) is 0 Å². The predicted molar refractivity (Wildman–Crippen MR) is 63.2 cm³/mol. The molecule has 0 amide bonds. The van der Waals surface area contributed by atoms with Crippen molar-refractivity contribution in [2.24, 2.45) is 0 Å². The van der Waals surface area contributed by atoms with Crippen molar-refractivity contribution < 1.29 is 19.0 Å². The van der Waals surface area contributed by atoms with E-state index in [2.05, 4.69) is 0 Å². The summed E-state index contributed by atoms with van der Waals surface area (Å²) in [5, 5.41) is 8.58. The summed E-state index contributed by atoms with van der Waals surface area (Å²) in [6.07, 6.45) is -0.957. The first-order chi connectivity index (χ1) is 8.06. The lowest BCUT2D eigenvalue weighted by molar-refractivity contribution is -0.143. The maximum atomic E-state index is 13.3. The van der Waals surface area contributed by atoms with Crippen LogP contribution >= 0.6 is 0 Å². The molecule has 0 heterocycles. The Kier molecular flexibility index (Phi) is 4.94. The van der Waals surface area contributed by atoms with Gasteiger partial charge in [0.1, 0.15) is 5.75 Å². The van der Waals surface area contributed by atoms with E-state index in [1.54, 1.807) is 31.2 Å². The molecule has 0 aromatic heterocycles. The van der Waals surface area contributed by atoms with Crippen LogP contribution in [0, 0.1) is 0 Å². The number of rotatable bonds is 6. The third-order valence-corrected chi connectivity index (χ3v) is 2.55. The van der Waals surface area contributed by atoms with Gasteiger partial charge in [0.15, 0.2) is 0 Å². The summed E-state index contributed by atoms with van der Waals surface area (Å²) in [7, 11) is 0. The predicted octanol–water partition coefficient (Wildman–Crippen LogP) is 3.00. The number of carbonyl (C=O) groups is 1. The average molecular weight is 240 g/mol. The van der Waals surface area contributed by atoms with Gasteiger partial charge in [-0.2, -0.15) is 0 Å². The molecule has 0 spiro atoms. The molecule has 0 bridgehead atoms. The molecule has 1 aromatic rings. The maximum absolute atomic E-state index is 13.3. The van der Waals surface area contributed by atoms with Gasteiger partial charge in [-0.3, -0.25) is 0 Å². The molecule has 0 aliphatic rings. The first-order valence-corrected chi connectivity index (χ1v) is 5.66. The molecule has 0 aliphatic heterocycles. The topological polar surface area (TPSA) is 46.5 Å². The number of aliphatic carboxylic acids is 1. The van der Waals surface area contributed by atoms with Crippen LogP contribution in [0.1, 0.15) is 31.7 Å². The van der Waals surface area contributed by atoms with Crippen LogP contribution in [0.5, 0.6) is 5.75 Å². The second-order valence-electron chi connectivity index (χ2n) is 3.95. The number of hydrogen-bond donors (Lipinski definition) is 1. The van der Waals surface area contributed by atoms with Gasteiger partial charge in [0.05, 0.1) is 6.61 Å². The van der Waals surface area contributed by atoms with Gasteiger partial charge in [-0.1, -0.05) is 26.0 Å². The SMILES string of the molecule is CCCOc1ccc(C(C)C(F)C(=O)O)cc1. The van der Waals surface area contributed by atoms with E-state index in [0.717, 1.165) is 6.42 Å². The highest BCUT2D eigenvalue weighted by Gasteiger charge is 2.25. The van der Waals surface area contributed by atoms with Gasteiger partial charge in [0.2, 0.25) is 6.17 Å². The lowest BCUT2D eigenvalue weighted by Gasteiger charge is -2.14. The number of hydrogen-bond acceptors (Lipinski definition) is 2. The summed E-state index contributed by atoms with van der Waals surface area (Å²) < 4.78 is 18.7. The fourth-order valence-corrected chi connectivity index (χ4v) is 1.47. The van der Waals surface area contributed by atoms with Gasteiger partial charge in [0.25, 0.3) is 0 Å². The third kappa shape index (κ3) is 3.73. The van der Waals surface area contributed by atoms with Crippen molar-refractivity contribution in [3.8, 4) is 5.75 Å². The minimum Gasteiger partial charge on any atom is -0.494 e. The van der Waals surface area contributed by atoms with E-state index >= 15 is 0 Å². The van der Waals surface area contributed by atoms with Crippen molar-refractivity contribution >= 4 is 5.97 Å². The quantitative estimate of drug-likeness (QED) is 0.831. The number of carboxylic acids is 1. The monoisotopic (exact) mass is 240 g/mol. The summed E-state index contributed by atoms with van der Waals surface area (Å²) in [4.78, 5) is 10.5. The molecule has 0 radical (unpaired) electrons. The summed E-state index contributed by atoms with van der Waals surface area (Å²) >= 11 is 0. The van der Waals surface area contributed by atoms with Gasteiger partial charge >= 0.3 is 5.97 Å². The Balaban J connectivity index is 2.69. The van der Waals surface area contributed by atoms with Gasteiger partial charge in [0, 0.05) is 5.92 Å². The van der Waals surface area contributed by atoms with Crippen LogP contribution in [0.2, 0.25) is 0 Å². The molecule has 17 heavy (non-hydrogen) atoms. The van der Waals surface area contributed by atoms with E-state index in [1.807, 2.05) is 6.92 Å². The largest absolute Gasteiger partial charge is 0.494 e. The molecular formula is C13H17FO3. The molecular weight excluding hydrogens is 223 g/mol. The normalized spacial score (nSPS) is 14.1. The average Bonchev–Trinajstić information content (AvgIpc) is 2.35. The molecule has 1 rings (SSSR count). The summed E-state index contributed by atoms with van der Waals surface area (Å²) in [6.45, 7) is 4.20. The van der Waals surface area contributed by atoms with E-state index in [-0.39, 0.29) is 0 Å². The molecule has 0 fully saturated rings. The summed E-state index contributed by atoms with van der Waals surface area (Å²) in [6, 6.07) is 6.86. The first-order valence-electron chi connectivity index (χ1n) is 5.66. The fourth-order valence-electron chi connectivity index (χ4n) is 1.47. The van der Waals surface area contributed by atoms with Crippen molar-refractivity contribution in [1.82, 2.24) is 0 Å². The lowest BCUT2D eigenvalue weighted by atomic mass is 9.96. The standard InChI is InChI=1S/C13H17FO3/c1-3-8-17-11-6-4-10(5-7-11)9(2)12(14)13(15)16/h4-7,9,12H,3,8H2,1-2H3,(H,15,16). The summed E-state index contributed by atoms with van der Waals surface area (Å²) in [5.74, 6) is -1.37. The molecule has 1 aromatic carbocycles. The van der Waals surface area contributed by atoms with Gasteiger partial charge in [-0.25, -0.2) is 9.18 Å². The van der Waals surface area contributed by atoms with Crippen molar-refractivity contribution in [2.45, 2.75) is 32.4 Å². The molecule has 0 saturated heterocycles. The van der Waals surface area contributed by atoms with Crippen LogP contribution in [0.3, 0.4) is 0 Å². The van der Waals surface area contributed by atoms with Crippen LogP contribution in [0.15, 0.2) is 24.3 Å². The van der Waals surface area contributed by atoms with Crippen molar-refractivity contribution in [2.75, 3.05) is 6.61 Å². The van der Waals surface area contributed by atoms with Crippen LogP contribution in [0.4, 0.5) is 4.39 Å². The number of alkyl halides is 1. The Bertz CT molecular complexity index is 361. The smallest absolute Gasteiger partial charge is 0.338 e. The van der Waals surface area contributed by atoms with Crippen LogP contribution < -0.4 is 4.74 Å². The zero-order valence-electron chi connectivity index (χ0n) is 10.0. The molecule has 94 valence electrons. The highest BCUT2D eigenvalue weighted by atomic mass is 19.1. The summed E-state index contributed by atoms with van der Waals surface area (Å²) in [5.41, 5.74) is 0.656. The first kappa shape index (κ1) is 13.5. The van der Waals surface area contributed by atoms with Crippen molar-refractivity contribution in [3.05, 3.63) is 29.8 Å². The van der Waals surface area contributed by atoms with Crippen LogP contribution in [0.25, 0.3) is 0 Å². The number of carboxylic acid groups (broad SMARTS) is 1. The zero-order chi connectivity index (χ0) is 12.8. The third-order valence-electron chi connectivity index (χ3n) is 2.55. The maximum Gasteiger partial charge on any atom is 0.338 e. The molecule has 1 N–H and O–H groups in total. The Morgan fingerprint density at radius 3 is 2.47 bits per heavy atom. The van der Waals surface area contributed by atoms with Crippen LogP contribution in [-0.4, -0.2) is 23.9 Å². The molecule has 2 unspecified atom stereocenters. The Labute approximate surface area is 100 Å². The van der Waals surface area contributed by atoms with E-state index in [1.165, 1.54) is 0 Å². The second-order valence-corrected chi connectivity index (χ2v) is 3.95. The Morgan fingerprint density at radius 1 is 1.41 bits per heavy atom. The number of halogens is 1. The molecule has 0 aliphatic carbocycles.